The Labute approximate surface area is 96.6 Å². The summed E-state index contributed by atoms with van der Waals surface area (Å²) >= 11 is 0. The Morgan fingerprint density at radius 2 is 1.60 bits per heavy atom. The van der Waals surface area contributed by atoms with E-state index in [0.29, 0.717) is 5.92 Å². The number of hydrogen-bond acceptors (Lipinski definition) is 2. The van der Waals surface area contributed by atoms with Crippen LogP contribution in [0.3, 0.4) is 0 Å². The second kappa shape index (κ2) is 6.02. The van der Waals surface area contributed by atoms with Crippen molar-refractivity contribution in [3.05, 3.63) is 0 Å². The highest BCUT2D eigenvalue weighted by atomic mass is 28.4. The van der Waals surface area contributed by atoms with E-state index < -0.39 is 8.56 Å². The highest BCUT2D eigenvalue weighted by Crippen LogP contribution is 2.47. The van der Waals surface area contributed by atoms with Crippen molar-refractivity contribution in [1.29, 1.82) is 0 Å². The van der Waals surface area contributed by atoms with Crippen molar-refractivity contribution in [3.63, 3.8) is 0 Å². The van der Waals surface area contributed by atoms with Gasteiger partial charge < -0.3 is 8.85 Å². The molecule has 0 rings (SSSR count). The summed E-state index contributed by atoms with van der Waals surface area (Å²) in [7, 11) is 1.57. The van der Waals surface area contributed by atoms with E-state index in [1.165, 1.54) is 12.8 Å². The minimum Gasteiger partial charge on any atom is -0.397 e. The van der Waals surface area contributed by atoms with Gasteiger partial charge in [-0.25, -0.2) is 0 Å². The Kier molecular flexibility index (Phi) is 6.07. The van der Waals surface area contributed by atoms with Crippen LogP contribution in [0.4, 0.5) is 0 Å². The first-order chi connectivity index (χ1) is 6.88. The Morgan fingerprint density at radius 1 is 1.13 bits per heavy atom. The minimum absolute atomic E-state index is 0.158. The van der Waals surface area contributed by atoms with E-state index in [4.69, 9.17) is 8.85 Å². The van der Waals surface area contributed by atoms with Crippen LogP contribution in [0.1, 0.15) is 47.5 Å². The molecule has 0 heterocycles. The maximum atomic E-state index is 5.83. The van der Waals surface area contributed by atoms with Gasteiger partial charge in [-0.3, -0.25) is 0 Å². The molecule has 0 aliphatic heterocycles. The lowest BCUT2D eigenvalue weighted by Gasteiger charge is -2.44. The number of unbranched alkanes of at least 4 members (excludes halogenated alkanes) is 1. The number of hydrogen-bond donors (Lipinski definition) is 0. The second-order valence-corrected chi connectivity index (χ2v) is 9.25. The highest BCUT2D eigenvalue weighted by molar-refractivity contribution is 6.70. The van der Waals surface area contributed by atoms with Crippen molar-refractivity contribution in [3.8, 4) is 0 Å². The van der Waals surface area contributed by atoms with E-state index in [1.54, 1.807) is 0 Å². The van der Waals surface area contributed by atoms with Crippen molar-refractivity contribution in [2.45, 2.75) is 58.5 Å². The lowest BCUT2D eigenvalue weighted by Crippen LogP contribution is -2.52. The van der Waals surface area contributed by atoms with Crippen molar-refractivity contribution in [2.75, 3.05) is 14.2 Å². The molecule has 0 saturated carbocycles. The summed E-state index contributed by atoms with van der Waals surface area (Å²) < 4.78 is 11.7. The molecular weight excluding hydrogens is 204 g/mol. The SMILES string of the molecule is CCCC[Si](OC)(OC)C(C)(C)C(C)C. The normalized spacial score (nSPS) is 13.6. The van der Waals surface area contributed by atoms with Crippen LogP contribution in [0.5, 0.6) is 0 Å². The van der Waals surface area contributed by atoms with Gasteiger partial charge in [0.1, 0.15) is 0 Å². The molecule has 2 nitrogen and oxygen atoms in total. The average molecular weight is 232 g/mol. The molecule has 0 aromatic rings. The molecule has 0 aromatic carbocycles. The third kappa shape index (κ3) is 3.05. The second-order valence-electron chi connectivity index (χ2n) is 5.14. The van der Waals surface area contributed by atoms with Gasteiger partial charge in [-0.15, -0.1) is 0 Å². The molecule has 0 N–H and O–H groups in total. The molecule has 0 bridgehead atoms. The molecule has 0 unspecified atom stereocenters. The van der Waals surface area contributed by atoms with Crippen LogP contribution in [0.2, 0.25) is 11.1 Å². The first kappa shape index (κ1) is 15.1. The fourth-order valence-corrected chi connectivity index (χ4v) is 5.96. The Balaban J connectivity index is 4.89. The Hall–Kier alpha value is 0.137. The summed E-state index contributed by atoms with van der Waals surface area (Å²) in [4.78, 5) is 0. The summed E-state index contributed by atoms with van der Waals surface area (Å²) in [6, 6.07) is 1.10. The van der Waals surface area contributed by atoms with Crippen LogP contribution in [-0.2, 0) is 8.85 Å². The molecule has 92 valence electrons. The van der Waals surface area contributed by atoms with E-state index in [2.05, 4.69) is 34.6 Å². The number of rotatable bonds is 7. The predicted molar refractivity (Wildman–Crippen MR) is 68.4 cm³/mol. The van der Waals surface area contributed by atoms with Crippen LogP contribution in [0, 0.1) is 5.92 Å². The molecule has 0 spiro atoms. The van der Waals surface area contributed by atoms with Gasteiger partial charge in [-0.2, -0.15) is 0 Å². The maximum absolute atomic E-state index is 5.83. The molecule has 0 atom stereocenters. The van der Waals surface area contributed by atoms with E-state index in [9.17, 15) is 0 Å². The summed E-state index contributed by atoms with van der Waals surface area (Å²) in [5, 5.41) is 0.158. The van der Waals surface area contributed by atoms with Gasteiger partial charge in [-0.1, -0.05) is 47.5 Å². The molecule has 0 saturated heterocycles. The largest absolute Gasteiger partial charge is 0.397 e. The fourth-order valence-electron chi connectivity index (χ4n) is 1.99. The summed E-state index contributed by atoms with van der Waals surface area (Å²) in [6.07, 6.45) is 2.40. The van der Waals surface area contributed by atoms with Gasteiger partial charge in [-0.05, 0) is 12.0 Å². The zero-order chi connectivity index (χ0) is 12.1. The summed E-state index contributed by atoms with van der Waals surface area (Å²) in [6.45, 7) is 11.3. The third-order valence-electron chi connectivity index (χ3n) is 3.94. The van der Waals surface area contributed by atoms with Crippen molar-refractivity contribution in [2.24, 2.45) is 5.92 Å². The van der Waals surface area contributed by atoms with Crippen LogP contribution in [0.25, 0.3) is 0 Å². The fraction of sp³-hybridized carbons (Fsp3) is 1.00. The van der Waals surface area contributed by atoms with Crippen LogP contribution in [-0.4, -0.2) is 22.8 Å². The van der Waals surface area contributed by atoms with Crippen molar-refractivity contribution in [1.82, 2.24) is 0 Å². The zero-order valence-corrected chi connectivity index (χ0v) is 12.5. The molecule has 0 radical (unpaired) electrons. The van der Waals surface area contributed by atoms with Crippen molar-refractivity contribution >= 4 is 8.56 Å². The summed E-state index contributed by atoms with van der Waals surface area (Å²) in [5.74, 6) is 0.584. The molecular formula is C12H28O2Si. The van der Waals surface area contributed by atoms with Gasteiger partial charge in [0.2, 0.25) is 0 Å². The maximum Gasteiger partial charge on any atom is 0.343 e. The molecule has 15 heavy (non-hydrogen) atoms. The van der Waals surface area contributed by atoms with Gasteiger partial charge in [0, 0.05) is 19.3 Å². The quantitative estimate of drug-likeness (QED) is 0.619. The third-order valence-corrected chi connectivity index (χ3v) is 8.82. The predicted octanol–water partition coefficient (Wildman–Crippen LogP) is 3.96. The standard InChI is InChI=1S/C12H28O2Si/c1-8-9-10-15(13-6,14-7)12(4,5)11(2)3/h11H,8-10H2,1-7H3. The van der Waals surface area contributed by atoms with Crippen LogP contribution >= 0.6 is 0 Å². The first-order valence-electron chi connectivity index (χ1n) is 5.98. The first-order valence-corrected chi connectivity index (χ1v) is 8.00. The summed E-state index contributed by atoms with van der Waals surface area (Å²) in [5.41, 5.74) is 0. The van der Waals surface area contributed by atoms with Crippen LogP contribution < -0.4 is 0 Å². The lowest BCUT2D eigenvalue weighted by molar-refractivity contribution is 0.190. The van der Waals surface area contributed by atoms with E-state index in [0.717, 1.165) is 6.04 Å². The van der Waals surface area contributed by atoms with E-state index in [-0.39, 0.29) is 5.04 Å². The molecule has 0 aliphatic rings. The minimum atomic E-state index is -2.06. The van der Waals surface area contributed by atoms with Gasteiger partial charge in [0.05, 0.1) is 0 Å². The molecule has 0 fully saturated rings. The molecule has 3 heteroatoms. The monoisotopic (exact) mass is 232 g/mol. The molecule has 0 aliphatic carbocycles. The zero-order valence-electron chi connectivity index (χ0n) is 11.5. The van der Waals surface area contributed by atoms with Gasteiger partial charge in [0.15, 0.2) is 0 Å². The van der Waals surface area contributed by atoms with Crippen LogP contribution in [0.15, 0.2) is 0 Å². The lowest BCUT2D eigenvalue weighted by atomic mass is 9.99. The van der Waals surface area contributed by atoms with Gasteiger partial charge >= 0.3 is 8.56 Å². The average Bonchev–Trinajstić information content (AvgIpc) is 2.19. The van der Waals surface area contributed by atoms with Gasteiger partial charge in [0.25, 0.3) is 0 Å². The molecule has 0 aromatic heterocycles. The smallest absolute Gasteiger partial charge is 0.343 e. The highest BCUT2D eigenvalue weighted by Gasteiger charge is 2.51. The molecule has 0 amide bonds. The Bertz CT molecular complexity index is 174. The van der Waals surface area contributed by atoms with E-state index in [1.807, 2.05) is 14.2 Å². The Morgan fingerprint density at radius 3 is 1.87 bits per heavy atom. The topological polar surface area (TPSA) is 18.5 Å². The van der Waals surface area contributed by atoms with E-state index >= 15 is 0 Å². The van der Waals surface area contributed by atoms with Crippen molar-refractivity contribution < 1.29 is 8.85 Å².